The average Bonchev–Trinajstić information content (AvgIpc) is 2.46. The Kier molecular flexibility index (Phi) is 5.65. The lowest BCUT2D eigenvalue weighted by molar-refractivity contribution is -0.131. The number of rotatable bonds is 5. The first-order valence-corrected chi connectivity index (χ1v) is 7.78. The van der Waals surface area contributed by atoms with Gasteiger partial charge in [0.25, 0.3) is 0 Å². The first-order valence-electron chi connectivity index (χ1n) is 6.98. The summed E-state index contributed by atoms with van der Waals surface area (Å²) >= 11 is 3.41. The number of hydrogen-bond donors (Lipinski definition) is 1. The van der Waals surface area contributed by atoms with Crippen molar-refractivity contribution in [1.82, 2.24) is 0 Å². The van der Waals surface area contributed by atoms with Crippen LogP contribution in [0.3, 0.4) is 0 Å². The Morgan fingerprint density at radius 2 is 2.10 bits per heavy atom. The fourth-order valence-corrected chi connectivity index (χ4v) is 2.85. The Morgan fingerprint density at radius 3 is 2.80 bits per heavy atom. The second-order valence-corrected chi connectivity index (χ2v) is 6.02. The molecule has 0 unspecified atom stereocenters. The molecule has 0 aliphatic heterocycles. The van der Waals surface area contributed by atoms with E-state index < -0.39 is 5.97 Å². The van der Waals surface area contributed by atoms with Gasteiger partial charge in [0.1, 0.15) is 5.75 Å². The zero-order valence-electron chi connectivity index (χ0n) is 11.3. The molecule has 1 N–H and O–H groups in total. The average molecular weight is 339 g/mol. The van der Waals surface area contributed by atoms with E-state index in [-0.39, 0.29) is 0 Å². The molecule has 0 aromatic heterocycles. The summed E-state index contributed by atoms with van der Waals surface area (Å²) in [6.07, 6.45) is 9.16. The summed E-state index contributed by atoms with van der Waals surface area (Å²) in [5, 5.41) is 8.68. The Labute approximate surface area is 127 Å². The van der Waals surface area contributed by atoms with Crippen LogP contribution in [0.5, 0.6) is 5.75 Å². The highest BCUT2D eigenvalue weighted by molar-refractivity contribution is 9.10. The minimum absolute atomic E-state index is 0.658. The van der Waals surface area contributed by atoms with Gasteiger partial charge >= 0.3 is 5.97 Å². The van der Waals surface area contributed by atoms with Crippen molar-refractivity contribution in [3.63, 3.8) is 0 Å². The SMILES string of the molecule is O=C(O)/C=C/c1cc(OCC2CCCCC2)ccc1Br. The van der Waals surface area contributed by atoms with Crippen LogP contribution in [0.25, 0.3) is 6.08 Å². The Bertz CT molecular complexity index is 490. The molecule has 2 rings (SSSR count). The quantitative estimate of drug-likeness (QED) is 0.803. The van der Waals surface area contributed by atoms with Gasteiger partial charge in [-0.2, -0.15) is 0 Å². The molecule has 4 heteroatoms. The van der Waals surface area contributed by atoms with E-state index >= 15 is 0 Å². The van der Waals surface area contributed by atoms with Crippen molar-refractivity contribution in [3.05, 3.63) is 34.3 Å². The number of aliphatic carboxylic acids is 1. The molecule has 0 saturated heterocycles. The molecule has 1 saturated carbocycles. The van der Waals surface area contributed by atoms with Crippen molar-refractivity contribution in [1.29, 1.82) is 0 Å². The van der Waals surface area contributed by atoms with E-state index in [1.807, 2.05) is 18.2 Å². The zero-order valence-corrected chi connectivity index (χ0v) is 12.9. The Balaban J connectivity index is 1.97. The van der Waals surface area contributed by atoms with Crippen LogP contribution in [-0.4, -0.2) is 17.7 Å². The number of halogens is 1. The third-order valence-corrected chi connectivity index (χ3v) is 4.31. The monoisotopic (exact) mass is 338 g/mol. The van der Waals surface area contributed by atoms with Gasteiger partial charge in [-0.1, -0.05) is 35.2 Å². The van der Waals surface area contributed by atoms with Crippen LogP contribution >= 0.6 is 15.9 Å². The lowest BCUT2D eigenvalue weighted by Crippen LogP contribution is -2.15. The fraction of sp³-hybridized carbons (Fsp3) is 0.438. The highest BCUT2D eigenvalue weighted by Crippen LogP contribution is 2.27. The topological polar surface area (TPSA) is 46.5 Å². The van der Waals surface area contributed by atoms with E-state index in [1.165, 1.54) is 32.1 Å². The van der Waals surface area contributed by atoms with Crippen LogP contribution in [0, 0.1) is 5.92 Å². The van der Waals surface area contributed by atoms with E-state index in [9.17, 15) is 4.79 Å². The van der Waals surface area contributed by atoms with Gasteiger partial charge in [0.2, 0.25) is 0 Å². The fourth-order valence-electron chi connectivity index (χ4n) is 2.47. The van der Waals surface area contributed by atoms with E-state index in [1.54, 1.807) is 6.08 Å². The molecule has 1 aliphatic rings. The first kappa shape index (κ1) is 15.1. The van der Waals surface area contributed by atoms with E-state index in [2.05, 4.69) is 15.9 Å². The maximum absolute atomic E-state index is 10.6. The van der Waals surface area contributed by atoms with Gasteiger partial charge in [0.05, 0.1) is 6.61 Å². The minimum atomic E-state index is -0.953. The minimum Gasteiger partial charge on any atom is -0.493 e. The lowest BCUT2D eigenvalue weighted by Gasteiger charge is -2.21. The number of carbonyl (C=O) groups is 1. The third kappa shape index (κ3) is 4.67. The van der Waals surface area contributed by atoms with Crippen molar-refractivity contribution < 1.29 is 14.6 Å². The molecule has 0 bridgehead atoms. The summed E-state index contributed by atoms with van der Waals surface area (Å²) in [6, 6.07) is 5.66. The smallest absolute Gasteiger partial charge is 0.328 e. The normalized spacial score (nSPS) is 16.4. The van der Waals surface area contributed by atoms with E-state index in [0.717, 1.165) is 28.5 Å². The van der Waals surface area contributed by atoms with Crippen molar-refractivity contribution in [2.75, 3.05) is 6.61 Å². The van der Waals surface area contributed by atoms with Gasteiger partial charge in [-0.3, -0.25) is 0 Å². The second-order valence-electron chi connectivity index (χ2n) is 5.17. The molecular weight excluding hydrogens is 320 g/mol. The molecule has 0 spiro atoms. The lowest BCUT2D eigenvalue weighted by atomic mass is 9.90. The standard InChI is InChI=1S/C16H19BrO3/c17-15-8-7-14(10-13(15)6-9-16(18)19)20-11-12-4-2-1-3-5-12/h6-10,12H,1-5,11H2,(H,18,19)/b9-6+. The predicted molar refractivity (Wildman–Crippen MR) is 82.9 cm³/mol. The molecule has 0 heterocycles. The molecule has 1 aliphatic carbocycles. The first-order chi connectivity index (χ1) is 9.65. The summed E-state index contributed by atoms with van der Waals surface area (Å²) in [5.74, 6) is 0.500. The molecule has 0 atom stereocenters. The molecule has 1 aromatic carbocycles. The summed E-state index contributed by atoms with van der Waals surface area (Å²) in [6.45, 7) is 0.754. The maximum Gasteiger partial charge on any atom is 0.328 e. The van der Waals surface area contributed by atoms with Crippen LogP contribution < -0.4 is 4.74 Å². The summed E-state index contributed by atoms with van der Waals surface area (Å²) in [7, 11) is 0. The van der Waals surface area contributed by atoms with Crippen molar-refractivity contribution >= 4 is 28.0 Å². The van der Waals surface area contributed by atoms with Crippen molar-refractivity contribution in [2.45, 2.75) is 32.1 Å². The third-order valence-electron chi connectivity index (χ3n) is 3.58. The number of carboxylic acid groups (broad SMARTS) is 1. The summed E-state index contributed by atoms with van der Waals surface area (Å²) in [5.41, 5.74) is 0.813. The molecular formula is C16H19BrO3. The Morgan fingerprint density at radius 1 is 1.35 bits per heavy atom. The number of hydrogen-bond acceptors (Lipinski definition) is 2. The molecule has 1 fully saturated rings. The van der Waals surface area contributed by atoms with Gasteiger partial charge in [-0.15, -0.1) is 0 Å². The zero-order chi connectivity index (χ0) is 14.4. The van der Waals surface area contributed by atoms with Gasteiger partial charge < -0.3 is 9.84 Å². The second kappa shape index (κ2) is 7.48. The van der Waals surface area contributed by atoms with Gasteiger partial charge in [-0.25, -0.2) is 4.79 Å². The molecule has 3 nitrogen and oxygen atoms in total. The van der Waals surface area contributed by atoms with Crippen LogP contribution in [0.15, 0.2) is 28.7 Å². The molecule has 1 aromatic rings. The predicted octanol–water partition coefficient (Wildman–Crippen LogP) is 4.51. The van der Waals surface area contributed by atoms with Crippen LogP contribution in [0.1, 0.15) is 37.7 Å². The molecule has 108 valence electrons. The number of carboxylic acids is 1. The molecule has 20 heavy (non-hydrogen) atoms. The number of benzene rings is 1. The largest absolute Gasteiger partial charge is 0.493 e. The van der Waals surface area contributed by atoms with Crippen LogP contribution in [-0.2, 0) is 4.79 Å². The van der Waals surface area contributed by atoms with Crippen LogP contribution in [0.4, 0.5) is 0 Å². The van der Waals surface area contributed by atoms with Crippen molar-refractivity contribution in [3.8, 4) is 5.75 Å². The number of ether oxygens (including phenoxy) is 1. The van der Waals surface area contributed by atoms with Gasteiger partial charge in [-0.05, 0) is 48.6 Å². The Hall–Kier alpha value is -1.29. The summed E-state index contributed by atoms with van der Waals surface area (Å²) in [4.78, 5) is 10.6. The van der Waals surface area contributed by atoms with Crippen LogP contribution in [0.2, 0.25) is 0 Å². The highest BCUT2D eigenvalue weighted by atomic mass is 79.9. The van der Waals surface area contributed by atoms with Gasteiger partial charge in [0.15, 0.2) is 0 Å². The maximum atomic E-state index is 10.6. The van der Waals surface area contributed by atoms with E-state index in [4.69, 9.17) is 9.84 Å². The molecule has 0 radical (unpaired) electrons. The molecule has 0 amide bonds. The van der Waals surface area contributed by atoms with Gasteiger partial charge in [0, 0.05) is 10.5 Å². The van der Waals surface area contributed by atoms with E-state index in [0.29, 0.717) is 5.92 Å². The summed E-state index contributed by atoms with van der Waals surface area (Å²) < 4.78 is 6.71. The highest BCUT2D eigenvalue weighted by Gasteiger charge is 2.14. The van der Waals surface area contributed by atoms with Crippen molar-refractivity contribution in [2.24, 2.45) is 5.92 Å².